The fraction of sp³-hybridized carbons (Fsp3) is 0.450. The first-order valence-electron chi connectivity index (χ1n) is 9.16. The van der Waals surface area contributed by atoms with Gasteiger partial charge in [0.1, 0.15) is 0 Å². The van der Waals surface area contributed by atoms with E-state index in [-0.39, 0.29) is 27.9 Å². The number of amides is 1. The summed E-state index contributed by atoms with van der Waals surface area (Å²) < 4.78 is 29.4. The minimum Gasteiger partial charge on any atom is -0.321 e. The molecule has 0 aliphatic carbocycles. The van der Waals surface area contributed by atoms with Crippen molar-refractivity contribution in [3.8, 4) is 0 Å². The van der Waals surface area contributed by atoms with Crippen LogP contribution in [0.25, 0.3) is 10.8 Å². The van der Waals surface area contributed by atoms with Crippen LogP contribution in [0, 0.1) is 0 Å². The predicted molar refractivity (Wildman–Crippen MR) is 107 cm³/mol. The van der Waals surface area contributed by atoms with Gasteiger partial charge in [-0.25, -0.2) is 13.1 Å². The van der Waals surface area contributed by atoms with Gasteiger partial charge in [-0.3, -0.25) is 4.79 Å². The highest BCUT2D eigenvalue weighted by Crippen LogP contribution is 2.37. The summed E-state index contributed by atoms with van der Waals surface area (Å²) in [4.78, 5) is 12.3. The van der Waals surface area contributed by atoms with E-state index in [0.717, 1.165) is 0 Å². The number of sulfonamides is 1. The molecule has 0 atom stereocenters. The van der Waals surface area contributed by atoms with Crippen LogP contribution in [0.15, 0.2) is 35.2 Å². The van der Waals surface area contributed by atoms with E-state index in [4.69, 9.17) is 0 Å². The van der Waals surface area contributed by atoms with E-state index >= 15 is 0 Å². The molecule has 2 heterocycles. The Morgan fingerprint density at radius 2 is 1.70 bits per heavy atom. The molecular formula is C20H25N3O3S. The molecule has 2 aliphatic rings. The first-order valence-corrected chi connectivity index (χ1v) is 10.6. The lowest BCUT2D eigenvalue weighted by Gasteiger charge is -2.46. The average Bonchev–Trinajstić information content (AvgIpc) is 2.82. The average molecular weight is 388 g/mol. The summed E-state index contributed by atoms with van der Waals surface area (Å²) in [6, 6.07) is 8.28. The molecule has 2 aromatic carbocycles. The fourth-order valence-electron chi connectivity index (χ4n) is 4.79. The molecule has 3 N–H and O–H groups in total. The van der Waals surface area contributed by atoms with Gasteiger partial charge in [-0.05, 0) is 58.7 Å². The number of benzene rings is 2. The zero-order valence-corrected chi connectivity index (χ0v) is 16.8. The maximum absolute atomic E-state index is 13.2. The summed E-state index contributed by atoms with van der Waals surface area (Å²) in [6.07, 6.45) is 1.41. The molecule has 4 rings (SSSR count). The molecule has 1 fully saturated rings. The van der Waals surface area contributed by atoms with Gasteiger partial charge in [0, 0.05) is 39.1 Å². The molecule has 0 bridgehead atoms. The molecule has 0 saturated carbocycles. The van der Waals surface area contributed by atoms with Gasteiger partial charge in [0.05, 0.1) is 4.90 Å². The third kappa shape index (κ3) is 3.24. The summed E-state index contributed by atoms with van der Waals surface area (Å²) in [5.74, 6) is -0.194. The van der Waals surface area contributed by atoms with Crippen LogP contribution < -0.4 is 15.4 Å². The van der Waals surface area contributed by atoms with Crippen molar-refractivity contribution in [3.05, 3.63) is 35.9 Å². The Morgan fingerprint density at radius 1 is 1.04 bits per heavy atom. The van der Waals surface area contributed by atoms with Gasteiger partial charge in [0.25, 0.3) is 5.91 Å². The van der Waals surface area contributed by atoms with Crippen LogP contribution in [0.4, 0.5) is 5.69 Å². The van der Waals surface area contributed by atoms with E-state index in [1.165, 1.54) is 0 Å². The number of hydrogen-bond donors (Lipinski definition) is 3. The molecule has 2 aromatic rings. The smallest absolute Gasteiger partial charge is 0.256 e. The van der Waals surface area contributed by atoms with Gasteiger partial charge in [-0.1, -0.05) is 12.1 Å². The summed E-state index contributed by atoms with van der Waals surface area (Å²) in [5, 5.41) is 7.60. The van der Waals surface area contributed by atoms with Crippen LogP contribution in [0.2, 0.25) is 0 Å². The lowest BCUT2D eigenvalue weighted by molar-refractivity contribution is 0.103. The van der Waals surface area contributed by atoms with Crippen molar-refractivity contribution in [3.63, 3.8) is 0 Å². The first-order chi connectivity index (χ1) is 12.5. The third-order valence-electron chi connectivity index (χ3n) is 5.29. The number of hydrogen-bond acceptors (Lipinski definition) is 4. The SMILES string of the molecule is CC1(C)CC(NS(=O)(=O)c2ccc3c4c(cccc24)C(=O)N3)CC(C)(C)N1. The van der Waals surface area contributed by atoms with Crippen molar-refractivity contribution in [1.29, 1.82) is 0 Å². The molecule has 0 unspecified atom stereocenters. The second kappa shape index (κ2) is 5.77. The van der Waals surface area contributed by atoms with E-state index in [2.05, 4.69) is 43.1 Å². The minimum atomic E-state index is -3.73. The molecular weight excluding hydrogens is 362 g/mol. The molecule has 0 spiro atoms. The van der Waals surface area contributed by atoms with Crippen LogP contribution in [0.1, 0.15) is 50.9 Å². The van der Waals surface area contributed by atoms with Gasteiger partial charge >= 0.3 is 0 Å². The quantitative estimate of drug-likeness (QED) is 0.756. The molecule has 27 heavy (non-hydrogen) atoms. The lowest BCUT2D eigenvalue weighted by Crippen LogP contribution is -2.62. The normalized spacial score (nSPS) is 21.4. The van der Waals surface area contributed by atoms with Crippen molar-refractivity contribution in [1.82, 2.24) is 10.0 Å². The predicted octanol–water partition coefficient (Wildman–Crippen LogP) is 2.99. The first kappa shape index (κ1) is 18.4. The summed E-state index contributed by atoms with van der Waals surface area (Å²) in [6.45, 7) is 8.35. The monoisotopic (exact) mass is 387 g/mol. The maximum atomic E-state index is 13.2. The zero-order valence-electron chi connectivity index (χ0n) is 16.0. The van der Waals surface area contributed by atoms with Crippen molar-refractivity contribution in [2.75, 3.05) is 5.32 Å². The highest BCUT2D eigenvalue weighted by molar-refractivity contribution is 7.89. The van der Waals surface area contributed by atoms with Crippen molar-refractivity contribution >= 4 is 32.4 Å². The van der Waals surface area contributed by atoms with Crippen molar-refractivity contribution in [2.24, 2.45) is 0 Å². The van der Waals surface area contributed by atoms with Gasteiger partial charge in [0.15, 0.2) is 0 Å². The Kier molecular flexibility index (Phi) is 3.93. The Labute approximate surface area is 159 Å². The number of carbonyl (C=O) groups is 1. The van der Waals surface area contributed by atoms with Crippen LogP contribution in [-0.2, 0) is 10.0 Å². The molecule has 0 aromatic heterocycles. The molecule has 0 radical (unpaired) electrons. The fourth-order valence-corrected chi connectivity index (χ4v) is 6.23. The van der Waals surface area contributed by atoms with E-state index in [1.807, 2.05) is 0 Å². The number of piperidine rings is 1. The van der Waals surface area contributed by atoms with Crippen LogP contribution in [-0.4, -0.2) is 31.4 Å². The number of rotatable bonds is 3. The second-order valence-corrected chi connectivity index (χ2v) is 10.6. The molecule has 7 heteroatoms. The highest BCUT2D eigenvalue weighted by atomic mass is 32.2. The number of nitrogens with one attached hydrogen (secondary N) is 3. The Morgan fingerprint density at radius 3 is 2.37 bits per heavy atom. The van der Waals surface area contributed by atoms with Crippen molar-refractivity contribution in [2.45, 2.75) is 62.6 Å². The van der Waals surface area contributed by atoms with Crippen LogP contribution >= 0.6 is 0 Å². The summed E-state index contributed by atoms with van der Waals surface area (Å²) >= 11 is 0. The highest BCUT2D eigenvalue weighted by Gasteiger charge is 2.39. The van der Waals surface area contributed by atoms with Crippen LogP contribution in [0.5, 0.6) is 0 Å². The van der Waals surface area contributed by atoms with E-state index in [1.54, 1.807) is 30.3 Å². The Hall–Kier alpha value is -1.96. The minimum absolute atomic E-state index is 0.159. The maximum Gasteiger partial charge on any atom is 0.256 e. The topological polar surface area (TPSA) is 87.3 Å². The van der Waals surface area contributed by atoms with Crippen molar-refractivity contribution < 1.29 is 13.2 Å². The lowest BCUT2D eigenvalue weighted by atomic mass is 9.80. The standard InChI is InChI=1S/C20H25N3O3S/c1-19(2)10-12(11-20(3,4)23-19)22-27(25,26)16-9-8-15-17-13(16)6-5-7-14(17)18(24)21-15/h5-9,12,22-23H,10-11H2,1-4H3,(H,21,24). The Bertz CT molecular complexity index is 1040. The largest absolute Gasteiger partial charge is 0.321 e. The zero-order chi connectivity index (χ0) is 19.6. The molecule has 144 valence electrons. The molecule has 1 amide bonds. The third-order valence-corrected chi connectivity index (χ3v) is 6.87. The Balaban J connectivity index is 1.74. The molecule has 1 saturated heterocycles. The van der Waals surface area contributed by atoms with Gasteiger partial charge in [-0.15, -0.1) is 0 Å². The molecule has 2 aliphatic heterocycles. The van der Waals surface area contributed by atoms with Gasteiger partial charge < -0.3 is 10.6 Å². The van der Waals surface area contributed by atoms with Gasteiger partial charge in [0.2, 0.25) is 10.0 Å². The number of carbonyl (C=O) groups excluding carboxylic acids is 1. The van der Waals surface area contributed by atoms with E-state index < -0.39 is 10.0 Å². The second-order valence-electron chi connectivity index (χ2n) is 8.91. The molecule has 6 nitrogen and oxygen atoms in total. The van der Waals surface area contributed by atoms with Crippen LogP contribution in [0.3, 0.4) is 0 Å². The summed E-state index contributed by atoms with van der Waals surface area (Å²) in [7, 11) is -3.73. The van der Waals surface area contributed by atoms with Gasteiger partial charge in [-0.2, -0.15) is 0 Å². The van der Waals surface area contributed by atoms with E-state index in [9.17, 15) is 13.2 Å². The van der Waals surface area contributed by atoms with E-state index in [0.29, 0.717) is 34.9 Å². The summed E-state index contributed by atoms with van der Waals surface area (Å²) in [5.41, 5.74) is 0.859. The number of anilines is 1.